The minimum Gasteiger partial charge on any atom is -0.318 e. The van der Waals surface area contributed by atoms with Crippen LogP contribution in [0.15, 0.2) is 11.9 Å². The van der Waals surface area contributed by atoms with Crippen LogP contribution in [0.4, 0.5) is 0 Å². The summed E-state index contributed by atoms with van der Waals surface area (Å²) in [5.74, 6) is 4.20. The average Bonchev–Trinajstić information content (AvgIpc) is 2.10. The molecule has 9 heavy (non-hydrogen) atoms. The smallest absolute Gasteiger partial charge is 0.143 e. The van der Waals surface area contributed by atoms with Crippen LogP contribution in [-0.2, 0) is 16.3 Å². The van der Waals surface area contributed by atoms with Gasteiger partial charge in [0, 0.05) is 0 Å². The molecule has 1 heterocycles. The monoisotopic (exact) mass is 176 g/mol. The summed E-state index contributed by atoms with van der Waals surface area (Å²) in [5.41, 5.74) is -1.91. The van der Waals surface area contributed by atoms with E-state index in [1.165, 1.54) is 0 Å². The first-order valence-electron chi connectivity index (χ1n) is 2.30. The first kappa shape index (κ1) is 7.37. The van der Waals surface area contributed by atoms with E-state index < -0.39 is 5.47 Å². The van der Waals surface area contributed by atoms with Crippen molar-refractivity contribution in [2.75, 3.05) is 0 Å². The topological polar surface area (TPSA) is 9.23 Å². The molecule has 0 N–H and O–H groups in total. The van der Waals surface area contributed by atoms with Crippen LogP contribution in [-0.4, -0.2) is 6.10 Å². The number of hydrogen-bond donors (Lipinski definition) is 1. The Hall–Kier alpha value is 0.260. The molecule has 1 aliphatic heterocycles. The first-order chi connectivity index (χ1) is 4.14. The molecule has 0 bridgehead atoms. The molecule has 48 valence electrons. The molecule has 0 aromatic rings. The molecule has 1 aliphatic rings. The maximum atomic E-state index is 5.14. The van der Waals surface area contributed by atoms with E-state index in [2.05, 4.69) is 18.2 Å². The highest BCUT2D eigenvalue weighted by atomic mass is 32.9. The van der Waals surface area contributed by atoms with Gasteiger partial charge in [0.25, 0.3) is 0 Å². The molecule has 0 saturated carbocycles. The van der Waals surface area contributed by atoms with Gasteiger partial charge in [-0.1, -0.05) is 17.7 Å². The lowest BCUT2D eigenvalue weighted by Crippen LogP contribution is -1.95. The van der Waals surface area contributed by atoms with Gasteiger partial charge in [-0.3, -0.25) is 0 Å². The van der Waals surface area contributed by atoms with Crippen molar-refractivity contribution < 1.29 is 4.52 Å². The molecular formula is C5H5OPS2. The molecule has 1 rings (SSSR count). The van der Waals surface area contributed by atoms with Gasteiger partial charge < -0.3 is 4.52 Å². The number of hydrogen-bond acceptors (Lipinski definition) is 2. The Balaban J connectivity index is 2.74. The molecule has 0 amide bonds. The van der Waals surface area contributed by atoms with Crippen molar-refractivity contribution in [3.05, 3.63) is 11.9 Å². The zero-order valence-corrected chi connectivity index (χ0v) is 7.13. The SMILES string of the molecule is C#CC1C=CP(=S)(S)O1. The van der Waals surface area contributed by atoms with Crippen LogP contribution < -0.4 is 0 Å². The lowest BCUT2D eigenvalue weighted by atomic mass is 10.4. The van der Waals surface area contributed by atoms with Crippen LogP contribution >= 0.6 is 17.7 Å². The van der Waals surface area contributed by atoms with Crippen molar-refractivity contribution in [1.82, 2.24) is 0 Å². The Morgan fingerprint density at radius 3 is 2.78 bits per heavy atom. The van der Waals surface area contributed by atoms with E-state index in [-0.39, 0.29) is 6.10 Å². The largest absolute Gasteiger partial charge is 0.318 e. The molecule has 0 aliphatic carbocycles. The van der Waals surface area contributed by atoms with Crippen LogP contribution in [0, 0.1) is 12.3 Å². The van der Waals surface area contributed by atoms with E-state index in [4.69, 9.17) is 22.8 Å². The summed E-state index contributed by atoms with van der Waals surface area (Å²) in [6.07, 6.45) is 6.60. The van der Waals surface area contributed by atoms with Crippen molar-refractivity contribution in [2.45, 2.75) is 6.10 Å². The zero-order chi connectivity index (χ0) is 6.91. The predicted molar refractivity (Wildman–Crippen MR) is 46.1 cm³/mol. The van der Waals surface area contributed by atoms with Gasteiger partial charge in [0.1, 0.15) is 11.6 Å². The summed E-state index contributed by atoms with van der Waals surface area (Å²) in [6.45, 7) is 0. The molecule has 0 fully saturated rings. The zero-order valence-electron chi connectivity index (χ0n) is 4.52. The van der Waals surface area contributed by atoms with Gasteiger partial charge in [0.05, 0.1) is 0 Å². The highest BCUT2D eigenvalue weighted by molar-refractivity contribution is 8.62. The molecule has 0 radical (unpaired) electrons. The molecule has 0 saturated heterocycles. The van der Waals surface area contributed by atoms with Gasteiger partial charge >= 0.3 is 0 Å². The maximum absolute atomic E-state index is 5.14. The fourth-order valence-electron chi connectivity index (χ4n) is 0.506. The first-order valence-corrected chi connectivity index (χ1v) is 6.25. The summed E-state index contributed by atoms with van der Waals surface area (Å²) >= 11 is 9.01. The Kier molecular flexibility index (Phi) is 2.03. The highest BCUT2D eigenvalue weighted by Gasteiger charge is 2.19. The predicted octanol–water partition coefficient (Wildman–Crippen LogP) is 1.77. The molecule has 2 atom stereocenters. The van der Waals surface area contributed by atoms with Crippen LogP contribution in [0.2, 0.25) is 0 Å². The fourth-order valence-corrected chi connectivity index (χ4v) is 2.43. The van der Waals surface area contributed by atoms with E-state index in [0.29, 0.717) is 0 Å². The molecule has 4 heteroatoms. The minimum atomic E-state index is -1.91. The quantitative estimate of drug-likeness (QED) is 0.342. The van der Waals surface area contributed by atoms with Crippen molar-refractivity contribution in [2.24, 2.45) is 0 Å². The van der Waals surface area contributed by atoms with E-state index >= 15 is 0 Å². The standard InChI is InChI=1S/C5H5OPS2/c1-2-5-3-4-7(8,9)6-5/h1,3-5H,(H,8,9). The van der Waals surface area contributed by atoms with E-state index in [9.17, 15) is 0 Å². The lowest BCUT2D eigenvalue weighted by Gasteiger charge is -2.05. The van der Waals surface area contributed by atoms with Crippen LogP contribution in [0.1, 0.15) is 0 Å². The summed E-state index contributed by atoms with van der Waals surface area (Å²) in [6, 6.07) is 0. The van der Waals surface area contributed by atoms with Crippen molar-refractivity contribution >= 4 is 29.5 Å². The molecule has 0 aromatic carbocycles. The minimum absolute atomic E-state index is 0.242. The van der Waals surface area contributed by atoms with Crippen molar-refractivity contribution in [3.8, 4) is 12.3 Å². The van der Waals surface area contributed by atoms with Crippen molar-refractivity contribution in [1.29, 1.82) is 0 Å². The molecule has 1 nitrogen and oxygen atoms in total. The van der Waals surface area contributed by atoms with E-state index in [1.807, 2.05) is 0 Å². The van der Waals surface area contributed by atoms with E-state index in [0.717, 1.165) is 0 Å². The third-order valence-electron chi connectivity index (χ3n) is 0.878. The third-order valence-corrected chi connectivity index (χ3v) is 3.26. The van der Waals surface area contributed by atoms with Gasteiger partial charge in [0.2, 0.25) is 0 Å². The summed E-state index contributed by atoms with van der Waals surface area (Å²) in [4.78, 5) is 0. The Morgan fingerprint density at radius 1 is 1.89 bits per heavy atom. The molecular weight excluding hydrogens is 171 g/mol. The van der Waals surface area contributed by atoms with Crippen molar-refractivity contribution in [3.63, 3.8) is 0 Å². The van der Waals surface area contributed by atoms with Gasteiger partial charge in [-0.15, -0.1) is 18.7 Å². The second kappa shape index (κ2) is 2.48. The number of terminal acetylenes is 1. The van der Waals surface area contributed by atoms with Gasteiger partial charge in [-0.2, -0.15) is 0 Å². The maximum Gasteiger partial charge on any atom is 0.143 e. The van der Waals surface area contributed by atoms with Crippen LogP contribution in [0.3, 0.4) is 0 Å². The summed E-state index contributed by atoms with van der Waals surface area (Å²) in [7, 11) is 0. The van der Waals surface area contributed by atoms with Gasteiger partial charge in [-0.05, 0) is 11.9 Å². The Labute approximate surface area is 64.7 Å². The lowest BCUT2D eigenvalue weighted by molar-refractivity contribution is 0.361. The third kappa shape index (κ3) is 1.84. The van der Waals surface area contributed by atoms with Crippen LogP contribution in [0.5, 0.6) is 0 Å². The molecule has 0 spiro atoms. The number of thiol groups is 1. The second-order valence-corrected chi connectivity index (χ2v) is 7.46. The number of rotatable bonds is 0. The highest BCUT2D eigenvalue weighted by Crippen LogP contribution is 2.58. The van der Waals surface area contributed by atoms with Gasteiger partial charge in [-0.25, -0.2) is 0 Å². The Bertz CT molecular complexity index is 228. The summed E-state index contributed by atoms with van der Waals surface area (Å²) < 4.78 is 5.14. The van der Waals surface area contributed by atoms with Gasteiger partial charge in [0.15, 0.2) is 0 Å². The molecule has 2 unspecified atom stereocenters. The second-order valence-electron chi connectivity index (χ2n) is 1.60. The average molecular weight is 176 g/mol. The normalized spacial score (nSPS) is 40.7. The molecule has 0 aromatic heterocycles. The van der Waals surface area contributed by atoms with Crippen LogP contribution in [0.25, 0.3) is 0 Å². The van der Waals surface area contributed by atoms with E-state index in [1.54, 1.807) is 11.9 Å². The fraction of sp³-hybridized carbons (Fsp3) is 0.200. The Morgan fingerprint density at radius 2 is 2.56 bits per heavy atom. The summed E-state index contributed by atoms with van der Waals surface area (Å²) in [5, 5.41) is 0.